The van der Waals surface area contributed by atoms with Gasteiger partial charge < -0.3 is 10.0 Å². The van der Waals surface area contributed by atoms with Gasteiger partial charge in [-0.15, -0.1) is 11.3 Å². The molecule has 0 spiro atoms. The Balaban J connectivity index is 1.90. The van der Waals surface area contributed by atoms with Gasteiger partial charge in [-0.2, -0.15) is 0 Å². The highest BCUT2D eigenvalue weighted by atomic mass is 32.1. The van der Waals surface area contributed by atoms with Gasteiger partial charge in [-0.05, 0) is 18.1 Å². The Labute approximate surface area is 112 Å². The zero-order valence-electron chi connectivity index (χ0n) is 10.9. The summed E-state index contributed by atoms with van der Waals surface area (Å²) in [5.41, 5.74) is 0. The number of carboxylic acid groups (broad SMARTS) is 1. The molecule has 0 aliphatic carbocycles. The molecule has 1 aliphatic rings. The first-order valence-electron chi connectivity index (χ1n) is 6.36. The van der Waals surface area contributed by atoms with E-state index in [4.69, 9.17) is 5.11 Å². The molecule has 2 heterocycles. The van der Waals surface area contributed by atoms with Gasteiger partial charge in [0.2, 0.25) is 0 Å². The van der Waals surface area contributed by atoms with Crippen LogP contribution in [0.15, 0.2) is 12.1 Å². The van der Waals surface area contributed by atoms with Crippen molar-refractivity contribution in [2.45, 2.75) is 13.8 Å². The molecule has 4 nitrogen and oxygen atoms in total. The van der Waals surface area contributed by atoms with E-state index in [1.54, 1.807) is 6.07 Å². The fourth-order valence-electron chi connectivity index (χ4n) is 2.28. The Morgan fingerprint density at radius 1 is 1.33 bits per heavy atom. The summed E-state index contributed by atoms with van der Waals surface area (Å²) in [4.78, 5) is 16.0. The van der Waals surface area contributed by atoms with Crippen LogP contribution in [0.3, 0.4) is 0 Å². The van der Waals surface area contributed by atoms with Crippen LogP contribution in [-0.4, -0.2) is 48.7 Å². The second kappa shape index (κ2) is 5.71. The number of anilines is 1. The van der Waals surface area contributed by atoms with E-state index in [0.29, 0.717) is 10.8 Å². The van der Waals surface area contributed by atoms with Crippen molar-refractivity contribution in [2.75, 3.05) is 37.6 Å². The average Bonchev–Trinajstić information content (AvgIpc) is 2.78. The van der Waals surface area contributed by atoms with Crippen molar-refractivity contribution >= 4 is 22.3 Å². The number of piperazine rings is 1. The molecular formula is C13H20N2O2S. The monoisotopic (exact) mass is 268 g/mol. The van der Waals surface area contributed by atoms with Gasteiger partial charge in [0.25, 0.3) is 0 Å². The second-order valence-electron chi connectivity index (χ2n) is 5.12. The van der Waals surface area contributed by atoms with Crippen molar-refractivity contribution in [3.05, 3.63) is 17.0 Å². The highest BCUT2D eigenvalue weighted by molar-refractivity contribution is 7.17. The molecule has 1 N–H and O–H groups in total. The molecule has 1 aromatic rings. The molecule has 0 bridgehead atoms. The topological polar surface area (TPSA) is 43.8 Å². The fraction of sp³-hybridized carbons (Fsp3) is 0.615. The summed E-state index contributed by atoms with van der Waals surface area (Å²) < 4.78 is 0. The Bertz CT molecular complexity index is 409. The molecule has 100 valence electrons. The predicted molar refractivity (Wildman–Crippen MR) is 74.8 cm³/mol. The number of carbonyl (C=O) groups is 1. The van der Waals surface area contributed by atoms with Crippen LogP contribution in [-0.2, 0) is 0 Å². The molecule has 0 amide bonds. The van der Waals surface area contributed by atoms with Gasteiger partial charge in [0, 0.05) is 32.7 Å². The minimum Gasteiger partial charge on any atom is -0.477 e. The lowest BCUT2D eigenvalue weighted by Crippen LogP contribution is -2.47. The van der Waals surface area contributed by atoms with Crippen molar-refractivity contribution in [3.63, 3.8) is 0 Å². The number of thiophene rings is 1. The third-order valence-corrected chi connectivity index (χ3v) is 4.24. The Morgan fingerprint density at radius 2 is 2.00 bits per heavy atom. The third kappa shape index (κ3) is 3.23. The first-order chi connectivity index (χ1) is 8.56. The Morgan fingerprint density at radius 3 is 2.50 bits per heavy atom. The summed E-state index contributed by atoms with van der Waals surface area (Å²) >= 11 is 1.37. The SMILES string of the molecule is CC(C)CN1CCN(c2ccc(C(=O)O)s2)CC1. The zero-order valence-corrected chi connectivity index (χ0v) is 11.7. The maximum Gasteiger partial charge on any atom is 0.345 e. The number of hydrogen-bond acceptors (Lipinski definition) is 4. The van der Waals surface area contributed by atoms with Crippen molar-refractivity contribution < 1.29 is 9.90 Å². The smallest absolute Gasteiger partial charge is 0.345 e. The lowest BCUT2D eigenvalue weighted by Gasteiger charge is -2.36. The van der Waals surface area contributed by atoms with Gasteiger partial charge in [0.1, 0.15) is 4.88 Å². The molecule has 0 unspecified atom stereocenters. The molecule has 1 saturated heterocycles. The number of carboxylic acids is 1. The van der Waals surface area contributed by atoms with E-state index in [9.17, 15) is 4.79 Å². The highest BCUT2D eigenvalue weighted by Gasteiger charge is 2.19. The maximum atomic E-state index is 10.9. The van der Waals surface area contributed by atoms with Crippen LogP contribution in [0, 0.1) is 5.92 Å². The number of nitrogens with zero attached hydrogens (tertiary/aromatic N) is 2. The molecule has 2 rings (SSSR count). The zero-order chi connectivity index (χ0) is 13.1. The third-order valence-electron chi connectivity index (χ3n) is 3.11. The van der Waals surface area contributed by atoms with E-state index in [1.807, 2.05) is 6.07 Å². The molecule has 5 heteroatoms. The molecule has 0 radical (unpaired) electrons. The molecule has 0 atom stereocenters. The molecule has 0 saturated carbocycles. The van der Waals surface area contributed by atoms with Gasteiger partial charge in [0.05, 0.1) is 5.00 Å². The van der Waals surface area contributed by atoms with Crippen LogP contribution < -0.4 is 4.90 Å². The van der Waals surface area contributed by atoms with E-state index in [1.165, 1.54) is 11.3 Å². The van der Waals surface area contributed by atoms with Gasteiger partial charge in [-0.25, -0.2) is 4.79 Å². The lowest BCUT2D eigenvalue weighted by atomic mass is 10.2. The van der Waals surface area contributed by atoms with E-state index in [-0.39, 0.29) is 0 Å². The van der Waals surface area contributed by atoms with E-state index >= 15 is 0 Å². The Kier molecular flexibility index (Phi) is 4.24. The molecule has 1 aliphatic heterocycles. The summed E-state index contributed by atoms with van der Waals surface area (Å²) in [6.07, 6.45) is 0. The summed E-state index contributed by atoms with van der Waals surface area (Å²) in [5.74, 6) is -0.124. The van der Waals surface area contributed by atoms with Crippen molar-refractivity contribution in [1.29, 1.82) is 0 Å². The van der Waals surface area contributed by atoms with Crippen LogP contribution in [0.4, 0.5) is 5.00 Å². The van der Waals surface area contributed by atoms with Crippen molar-refractivity contribution in [3.8, 4) is 0 Å². The first-order valence-corrected chi connectivity index (χ1v) is 7.18. The normalized spacial score (nSPS) is 17.4. The summed E-state index contributed by atoms with van der Waals surface area (Å²) in [6.45, 7) is 9.75. The Hall–Kier alpha value is -1.07. The van der Waals surface area contributed by atoms with Crippen LogP contribution in [0.1, 0.15) is 23.5 Å². The number of aromatic carboxylic acids is 1. The van der Waals surface area contributed by atoms with E-state index < -0.39 is 5.97 Å². The van der Waals surface area contributed by atoms with Gasteiger partial charge in [-0.1, -0.05) is 13.8 Å². The highest BCUT2D eigenvalue weighted by Crippen LogP contribution is 2.27. The number of hydrogen-bond donors (Lipinski definition) is 1. The minimum atomic E-state index is -0.829. The van der Waals surface area contributed by atoms with Crippen LogP contribution in [0.25, 0.3) is 0 Å². The summed E-state index contributed by atoms with van der Waals surface area (Å²) in [6, 6.07) is 3.62. The lowest BCUT2D eigenvalue weighted by molar-refractivity contribution is 0.0702. The van der Waals surface area contributed by atoms with Crippen molar-refractivity contribution in [2.24, 2.45) is 5.92 Å². The van der Waals surface area contributed by atoms with Crippen LogP contribution >= 0.6 is 11.3 Å². The van der Waals surface area contributed by atoms with Crippen molar-refractivity contribution in [1.82, 2.24) is 4.90 Å². The first kappa shape index (κ1) is 13.4. The fourth-order valence-corrected chi connectivity index (χ4v) is 3.18. The van der Waals surface area contributed by atoms with E-state index in [2.05, 4.69) is 23.6 Å². The largest absolute Gasteiger partial charge is 0.477 e. The van der Waals surface area contributed by atoms with Crippen LogP contribution in [0.2, 0.25) is 0 Å². The predicted octanol–water partition coefficient (Wildman–Crippen LogP) is 2.22. The van der Waals surface area contributed by atoms with E-state index in [0.717, 1.165) is 37.7 Å². The van der Waals surface area contributed by atoms with Crippen LogP contribution in [0.5, 0.6) is 0 Å². The standard InChI is InChI=1S/C13H20N2O2S/c1-10(2)9-14-5-7-15(8-6-14)12-4-3-11(18-12)13(16)17/h3-4,10H,5-9H2,1-2H3,(H,16,17). The average molecular weight is 268 g/mol. The van der Waals surface area contributed by atoms with Gasteiger partial charge >= 0.3 is 5.97 Å². The van der Waals surface area contributed by atoms with Gasteiger partial charge in [-0.3, -0.25) is 4.90 Å². The summed E-state index contributed by atoms with van der Waals surface area (Å²) in [7, 11) is 0. The molecule has 1 fully saturated rings. The van der Waals surface area contributed by atoms with Gasteiger partial charge in [0.15, 0.2) is 0 Å². The maximum absolute atomic E-state index is 10.9. The number of rotatable bonds is 4. The molecule has 18 heavy (non-hydrogen) atoms. The quantitative estimate of drug-likeness (QED) is 0.909. The molecule has 0 aromatic carbocycles. The minimum absolute atomic E-state index is 0.426. The second-order valence-corrected chi connectivity index (χ2v) is 6.19. The molecule has 1 aromatic heterocycles. The molecular weight excluding hydrogens is 248 g/mol. The summed E-state index contributed by atoms with van der Waals surface area (Å²) in [5, 5.41) is 10.0.